The lowest BCUT2D eigenvalue weighted by atomic mass is 10.2. The molecule has 9 heteroatoms. The van der Waals surface area contributed by atoms with Gasteiger partial charge in [-0.3, -0.25) is 0 Å². The molecule has 112 valence electrons. The Morgan fingerprint density at radius 3 is 2.50 bits per heavy atom. The lowest BCUT2D eigenvalue weighted by Gasteiger charge is -2.17. The minimum atomic E-state index is -4.35. The van der Waals surface area contributed by atoms with Crippen LogP contribution in [0.5, 0.6) is 0 Å². The predicted octanol–water partition coefficient (Wildman–Crippen LogP) is 0.930. The Morgan fingerprint density at radius 1 is 1.40 bits per heavy atom. The van der Waals surface area contributed by atoms with E-state index in [1.165, 1.54) is 7.11 Å². The molecule has 0 aliphatic rings. The zero-order valence-electron chi connectivity index (χ0n) is 10.8. The molecule has 1 rings (SSSR count). The molecule has 0 aliphatic heterocycles. The largest absolute Gasteiger partial charge is 0.478 e. The number of carboxylic acids is 1. The number of nitrogens with zero attached hydrogens (tertiary/aromatic N) is 1. The minimum Gasteiger partial charge on any atom is -0.478 e. The molecule has 0 fully saturated rings. The zero-order valence-corrected chi connectivity index (χ0v) is 11.6. The molecule has 0 heterocycles. The van der Waals surface area contributed by atoms with Crippen LogP contribution >= 0.6 is 0 Å². The average molecular weight is 309 g/mol. The van der Waals surface area contributed by atoms with Crippen LogP contribution in [0.4, 0.5) is 8.78 Å². The summed E-state index contributed by atoms with van der Waals surface area (Å²) in [5.41, 5.74) is -0.650. The molecule has 0 aromatic heterocycles. The third-order valence-electron chi connectivity index (χ3n) is 2.54. The van der Waals surface area contributed by atoms with Crippen LogP contribution in [0.3, 0.4) is 0 Å². The van der Waals surface area contributed by atoms with Crippen LogP contribution < -0.4 is 0 Å². The summed E-state index contributed by atoms with van der Waals surface area (Å²) in [7, 11) is -1.84. The fourth-order valence-electron chi connectivity index (χ4n) is 1.38. The molecule has 0 spiro atoms. The van der Waals surface area contributed by atoms with Gasteiger partial charge >= 0.3 is 5.97 Å². The van der Waals surface area contributed by atoms with Gasteiger partial charge in [0.1, 0.15) is 4.90 Å². The number of carboxylic acid groups (broad SMARTS) is 1. The lowest BCUT2D eigenvalue weighted by molar-refractivity contribution is 0.0696. The number of rotatable bonds is 6. The van der Waals surface area contributed by atoms with Crippen molar-refractivity contribution in [1.82, 2.24) is 4.31 Å². The number of benzene rings is 1. The van der Waals surface area contributed by atoms with Gasteiger partial charge in [-0.1, -0.05) is 0 Å². The Balaban J connectivity index is 3.34. The summed E-state index contributed by atoms with van der Waals surface area (Å²) in [5.74, 6) is -4.71. The van der Waals surface area contributed by atoms with Crippen LogP contribution in [-0.4, -0.2) is 51.1 Å². The van der Waals surface area contributed by atoms with E-state index in [1.54, 1.807) is 0 Å². The first-order valence-corrected chi connectivity index (χ1v) is 6.83. The molecule has 0 aliphatic carbocycles. The summed E-state index contributed by atoms with van der Waals surface area (Å²) in [6.07, 6.45) is 0. The van der Waals surface area contributed by atoms with Gasteiger partial charge in [-0.05, 0) is 12.1 Å². The van der Waals surface area contributed by atoms with Crippen molar-refractivity contribution in [2.75, 3.05) is 27.3 Å². The van der Waals surface area contributed by atoms with Crippen molar-refractivity contribution in [3.63, 3.8) is 0 Å². The molecule has 6 nitrogen and oxygen atoms in total. The maximum absolute atomic E-state index is 13.6. The molecule has 0 atom stereocenters. The van der Waals surface area contributed by atoms with Gasteiger partial charge in [-0.25, -0.2) is 22.0 Å². The van der Waals surface area contributed by atoms with E-state index in [4.69, 9.17) is 9.84 Å². The quantitative estimate of drug-likeness (QED) is 0.845. The maximum Gasteiger partial charge on any atom is 0.335 e. The van der Waals surface area contributed by atoms with Crippen molar-refractivity contribution in [3.8, 4) is 0 Å². The molecule has 0 radical (unpaired) electrons. The predicted molar refractivity (Wildman–Crippen MR) is 65.0 cm³/mol. The number of sulfonamides is 1. The highest BCUT2D eigenvalue weighted by atomic mass is 32.2. The van der Waals surface area contributed by atoms with Gasteiger partial charge in [-0.15, -0.1) is 0 Å². The molecule has 0 saturated carbocycles. The van der Waals surface area contributed by atoms with Crippen LogP contribution in [0.15, 0.2) is 17.0 Å². The van der Waals surface area contributed by atoms with E-state index < -0.39 is 38.1 Å². The first-order chi connectivity index (χ1) is 9.21. The maximum atomic E-state index is 13.6. The molecule has 1 N–H and O–H groups in total. The van der Waals surface area contributed by atoms with Crippen LogP contribution in [0.1, 0.15) is 10.4 Å². The molecule has 0 saturated heterocycles. The molecular formula is C11H13F2NO5S. The Kier molecular flexibility index (Phi) is 5.15. The van der Waals surface area contributed by atoms with E-state index in [2.05, 4.69) is 0 Å². The van der Waals surface area contributed by atoms with Crippen LogP contribution in [0, 0.1) is 11.6 Å². The Hall–Kier alpha value is -1.58. The highest BCUT2D eigenvalue weighted by molar-refractivity contribution is 7.89. The topological polar surface area (TPSA) is 83.9 Å². The van der Waals surface area contributed by atoms with Crippen molar-refractivity contribution in [2.45, 2.75) is 4.90 Å². The SMILES string of the molecule is COCCN(C)S(=O)(=O)c1cc(C(=O)O)cc(F)c1F. The lowest BCUT2D eigenvalue weighted by Crippen LogP contribution is -2.31. The molecular weight excluding hydrogens is 296 g/mol. The van der Waals surface area contributed by atoms with Crippen molar-refractivity contribution in [2.24, 2.45) is 0 Å². The molecule has 20 heavy (non-hydrogen) atoms. The number of ether oxygens (including phenoxy) is 1. The smallest absolute Gasteiger partial charge is 0.335 e. The highest BCUT2D eigenvalue weighted by Gasteiger charge is 2.28. The molecule has 0 unspecified atom stereocenters. The summed E-state index contributed by atoms with van der Waals surface area (Å²) < 4.78 is 56.5. The molecule has 0 bridgehead atoms. The summed E-state index contributed by atoms with van der Waals surface area (Å²) in [5, 5.41) is 8.75. The third-order valence-corrected chi connectivity index (χ3v) is 4.40. The van der Waals surface area contributed by atoms with E-state index in [9.17, 15) is 22.0 Å². The summed E-state index contributed by atoms with van der Waals surface area (Å²) in [6.45, 7) is -0.0321. The standard InChI is InChI=1S/C11H13F2NO5S/c1-14(3-4-19-2)20(17,18)9-6-7(11(15)16)5-8(12)10(9)13/h5-6H,3-4H2,1-2H3,(H,15,16). The monoisotopic (exact) mass is 309 g/mol. The van der Waals surface area contributed by atoms with E-state index in [1.807, 2.05) is 0 Å². The fourth-order valence-corrected chi connectivity index (χ4v) is 2.63. The van der Waals surface area contributed by atoms with Gasteiger partial charge in [0.25, 0.3) is 0 Å². The van der Waals surface area contributed by atoms with E-state index in [0.717, 1.165) is 11.4 Å². The van der Waals surface area contributed by atoms with Crippen molar-refractivity contribution < 1.29 is 31.8 Å². The first-order valence-electron chi connectivity index (χ1n) is 5.39. The summed E-state index contributed by atoms with van der Waals surface area (Å²) >= 11 is 0. The third kappa shape index (κ3) is 3.30. The normalized spacial score (nSPS) is 11.8. The van der Waals surface area contributed by atoms with Crippen molar-refractivity contribution in [1.29, 1.82) is 0 Å². The van der Waals surface area contributed by atoms with Gasteiger partial charge < -0.3 is 9.84 Å². The van der Waals surface area contributed by atoms with Gasteiger partial charge in [0, 0.05) is 20.7 Å². The molecule has 0 amide bonds. The summed E-state index contributed by atoms with van der Waals surface area (Å²) in [4.78, 5) is 9.75. The second kappa shape index (κ2) is 6.25. The number of methoxy groups -OCH3 is 1. The van der Waals surface area contributed by atoms with E-state index in [-0.39, 0.29) is 13.2 Å². The number of carbonyl (C=O) groups is 1. The Morgan fingerprint density at radius 2 is 2.00 bits per heavy atom. The van der Waals surface area contributed by atoms with Crippen molar-refractivity contribution >= 4 is 16.0 Å². The van der Waals surface area contributed by atoms with Gasteiger partial charge in [0.2, 0.25) is 10.0 Å². The minimum absolute atomic E-state index is 0.0540. The van der Waals surface area contributed by atoms with Crippen LogP contribution in [0.25, 0.3) is 0 Å². The number of halogens is 2. The van der Waals surface area contributed by atoms with Gasteiger partial charge in [0.05, 0.1) is 12.2 Å². The number of hydrogen-bond donors (Lipinski definition) is 1. The Labute approximate surface area is 114 Å². The van der Waals surface area contributed by atoms with Gasteiger partial charge in [0.15, 0.2) is 11.6 Å². The fraction of sp³-hybridized carbons (Fsp3) is 0.364. The zero-order chi connectivity index (χ0) is 15.5. The van der Waals surface area contributed by atoms with Gasteiger partial charge in [-0.2, -0.15) is 4.31 Å². The Bertz CT molecular complexity index is 617. The number of likely N-dealkylation sites (N-methyl/N-ethyl adjacent to an activating group) is 1. The second-order valence-corrected chi connectivity index (χ2v) is 5.91. The molecule has 1 aromatic carbocycles. The molecule has 1 aromatic rings. The average Bonchev–Trinajstić information content (AvgIpc) is 2.38. The first kappa shape index (κ1) is 16.5. The van der Waals surface area contributed by atoms with Crippen LogP contribution in [-0.2, 0) is 14.8 Å². The second-order valence-electron chi connectivity index (χ2n) is 3.89. The number of hydrogen-bond acceptors (Lipinski definition) is 4. The van der Waals surface area contributed by atoms with E-state index >= 15 is 0 Å². The van der Waals surface area contributed by atoms with Crippen molar-refractivity contribution in [3.05, 3.63) is 29.3 Å². The van der Waals surface area contributed by atoms with Crippen LogP contribution in [0.2, 0.25) is 0 Å². The highest BCUT2D eigenvalue weighted by Crippen LogP contribution is 2.22. The van der Waals surface area contributed by atoms with E-state index in [0.29, 0.717) is 12.1 Å². The summed E-state index contributed by atoms with van der Waals surface area (Å²) in [6, 6.07) is 1.01. The number of aromatic carboxylic acids is 1.